The lowest BCUT2D eigenvalue weighted by atomic mass is 10.1. The van der Waals surface area contributed by atoms with Crippen LogP contribution >= 0.6 is 0 Å². The predicted octanol–water partition coefficient (Wildman–Crippen LogP) is -0.165. The highest BCUT2D eigenvalue weighted by Crippen LogP contribution is 2.09. The topological polar surface area (TPSA) is 85.2 Å². The molecular formula is C11H18N4O3S. The number of aromatic nitrogens is 3. The van der Waals surface area contributed by atoms with E-state index >= 15 is 0 Å². The third-order valence-electron chi connectivity index (χ3n) is 3.00. The Kier molecular flexibility index (Phi) is 4.18. The molecule has 0 spiro atoms. The summed E-state index contributed by atoms with van der Waals surface area (Å²) < 4.78 is 23.7. The van der Waals surface area contributed by atoms with Gasteiger partial charge < -0.3 is 4.90 Å². The fourth-order valence-electron chi connectivity index (χ4n) is 2.13. The zero-order valence-corrected chi connectivity index (χ0v) is 11.8. The van der Waals surface area contributed by atoms with E-state index in [-0.39, 0.29) is 18.2 Å². The predicted molar refractivity (Wildman–Crippen MR) is 69.0 cm³/mol. The van der Waals surface area contributed by atoms with Gasteiger partial charge in [-0.1, -0.05) is 5.21 Å². The first-order valence-electron chi connectivity index (χ1n) is 6.28. The van der Waals surface area contributed by atoms with E-state index in [1.54, 1.807) is 0 Å². The first-order chi connectivity index (χ1) is 8.94. The first-order valence-corrected chi connectivity index (χ1v) is 8.34. The molecule has 1 fully saturated rings. The molecule has 0 aliphatic carbocycles. The van der Waals surface area contributed by atoms with Crippen molar-refractivity contribution < 1.29 is 13.2 Å². The molecule has 0 unspecified atom stereocenters. The van der Waals surface area contributed by atoms with E-state index in [0.29, 0.717) is 5.69 Å². The summed E-state index contributed by atoms with van der Waals surface area (Å²) in [5.74, 6) is -0.138. The lowest BCUT2D eigenvalue weighted by Crippen LogP contribution is -2.37. The van der Waals surface area contributed by atoms with Crippen molar-refractivity contribution >= 4 is 15.7 Å². The van der Waals surface area contributed by atoms with Gasteiger partial charge in [0, 0.05) is 19.3 Å². The van der Waals surface area contributed by atoms with E-state index in [4.69, 9.17) is 0 Å². The van der Waals surface area contributed by atoms with Crippen LogP contribution in [-0.2, 0) is 26.9 Å². The number of hydrogen-bond donors (Lipinski definition) is 0. The van der Waals surface area contributed by atoms with Crippen LogP contribution in [0.25, 0.3) is 0 Å². The Morgan fingerprint density at radius 3 is 2.63 bits per heavy atom. The molecule has 0 saturated carbocycles. The summed E-state index contributed by atoms with van der Waals surface area (Å²) in [5.41, 5.74) is 0.369. The fourth-order valence-corrected chi connectivity index (χ4v) is 2.80. The quantitative estimate of drug-likeness (QED) is 0.767. The van der Waals surface area contributed by atoms with Crippen molar-refractivity contribution in [3.8, 4) is 0 Å². The minimum absolute atomic E-state index is 0.00973. The highest BCUT2D eigenvalue weighted by molar-refractivity contribution is 7.89. The van der Waals surface area contributed by atoms with Gasteiger partial charge in [0.25, 0.3) is 0 Å². The second-order valence-corrected chi connectivity index (χ2v) is 7.06. The Bertz CT molecular complexity index is 546. The molecule has 7 nitrogen and oxygen atoms in total. The summed E-state index contributed by atoms with van der Waals surface area (Å²) in [6.07, 6.45) is 5.92. The van der Waals surface area contributed by atoms with Crippen molar-refractivity contribution in [3.05, 3.63) is 11.9 Å². The molecule has 0 aromatic carbocycles. The van der Waals surface area contributed by atoms with Crippen molar-refractivity contribution in [2.45, 2.75) is 31.6 Å². The Morgan fingerprint density at radius 2 is 2.00 bits per heavy atom. The van der Waals surface area contributed by atoms with Gasteiger partial charge in [-0.3, -0.25) is 4.79 Å². The third-order valence-corrected chi connectivity index (χ3v) is 3.82. The molecular weight excluding hydrogens is 268 g/mol. The van der Waals surface area contributed by atoms with Crippen LogP contribution in [0.15, 0.2) is 6.20 Å². The minimum atomic E-state index is -3.12. The second-order valence-electron chi connectivity index (χ2n) is 4.92. The van der Waals surface area contributed by atoms with E-state index in [9.17, 15) is 13.2 Å². The smallest absolute Gasteiger partial charge is 0.244 e. The molecule has 1 aromatic heterocycles. The van der Waals surface area contributed by atoms with Gasteiger partial charge in [0.05, 0.1) is 17.6 Å². The molecule has 0 atom stereocenters. The lowest BCUT2D eigenvalue weighted by molar-refractivity contribution is -0.132. The van der Waals surface area contributed by atoms with Crippen LogP contribution in [0.1, 0.15) is 25.0 Å². The number of amides is 1. The van der Waals surface area contributed by atoms with E-state index in [2.05, 4.69) is 10.3 Å². The number of nitrogens with zero attached hydrogens (tertiary/aromatic N) is 4. The fraction of sp³-hybridized carbons (Fsp3) is 0.727. The van der Waals surface area contributed by atoms with Gasteiger partial charge in [0.2, 0.25) is 5.91 Å². The van der Waals surface area contributed by atoms with Crippen LogP contribution in [0.4, 0.5) is 0 Å². The molecule has 2 rings (SSSR count). The lowest BCUT2D eigenvalue weighted by Gasteiger charge is -2.26. The standard InChI is InChI=1S/C11H18N4O3S/c1-19(17,18)9-10-7-15(13-12-10)8-11(16)14-5-3-2-4-6-14/h7H,2-6,8-9H2,1H3. The van der Waals surface area contributed by atoms with Gasteiger partial charge in [-0.05, 0) is 19.3 Å². The number of hydrogen-bond acceptors (Lipinski definition) is 5. The largest absolute Gasteiger partial charge is 0.341 e. The minimum Gasteiger partial charge on any atom is -0.341 e. The molecule has 106 valence electrons. The molecule has 0 bridgehead atoms. The summed E-state index contributed by atoms with van der Waals surface area (Å²) in [4.78, 5) is 13.8. The van der Waals surface area contributed by atoms with Crippen molar-refractivity contribution in [2.24, 2.45) is 0 Å². The van der Waals surface area contributed by atoms with E-state index < -0.39 is 9.84 Å². The number of carbonyl (C=O) groups is 1. The van der Waals surface area contributed by atoms with Gasteiger partial charge in [-0.15, -0.1) is 5.10 Å². The molecule has 0 radical (unpaired) electrons. The average molecular weight is 286 g/mol. The first kappa shape index (κ1) is 14.0. The van der Waals surface area contributed by atoms with Gasteiger partial charge in [-0.2, -0.15) is 0 Å². The van der Waals surface area contributed by atoms with Gasteiger partial charge in [0.1, 0.15) is 6.54 Å². The second kappa shape index (κ2) is 5.68. The summed E-state index contributed by atoms with van der Waals surface area (Å²) in [7, 11) is -3.12. The zero-order chi connectivity index (χ0) is 13.9. The Labute approximate surface area is 112 Å². The number of likely N-dealkylation sites (tertiary alicyclic amines) is 1. The molecule has 1 amide bonds. The number of carbonyl (C=O) groups excluding carboxylic acids is 1. The summed E-state index contributed by atoms with van der Waals surface area (Å²) in [6, 6.07) is 0. The van der Waals surface area contributed by atoms with E-state index in [0.717, 1.165) is 32.2 Å². The van der Waals surface area contributed by atoms with Crippen LogP contribution in [0.5, 0.6) is 0 Å². The SMILES string of the molecule is CS(=O)(=O)Cc1cn(CC(=O)N2CCCCC2)nn1. The summed E-state index contributed by atoms with van der Waals surface area (Å²) in [5, 5.41) is 7.55. The van der Waals surface area contributed by atoms with Crippen molar-refractivity contribution in [3.63, 3.8) is 0 Å². The molecule has 1 saturated heterocycles. The Balaban J connectivity index is 1.94. The highest BCUT2D eigenvalue weighted by atomic mass is 32.2. The van der Waals surface area contributed by atoms with Crippen LogP contribution in [0, 0.1) is 0 Å². The molecule has 19 heavy (non-hydrogen) atoms. The number of sulfone groups is 1. The average Bonchev–Trinajstić information content (AvgIpc) is 2.75. The normalized spacial score (nSPS) is 16.6. The summed E-state index contributed by atoms with van der Waals surface area (Å²) >= 11 is 0. The molecule has 0 N–H and O–H groups in total. The maximum atomic E-state index is 12.0. The van der Waals surface area contributed by atoms with Crippen LogP contribution < -0.4 is 0 Å². The van der Waals surface area contributed by atoms with Gasteiger partial charge in [-0.25, -0.2) is 13.1 Å². The van der Waals surface area contributed by atoms with Crippen LogP contribution in [0.2, 0.25) is 0 Å². The van der Waals surface area contributed by atoms with E-state index in [1.165, 1.54) is 17.3 Å². The number of piperidine rings is 1. The van der Waals surface area contributed by atoms with Gasteiger partial charge >= 0.3 is 0 Å². The highest BCUT2D eigenvalue weighted by Gasteiger charge is 2.17. The summed E-state index contributed by atoms with van der Waals surface area (Å²) in [6.45, 7) is 1.71. The monoisotopic (exact) mass is 286 g/mol. The van der Waals surface area contributed by atoms with Crippen molar-refractivity contribution in [1.29, 1.82) is 0 Å². The number of rotatable bonds is 4. The Hall–Kier alpha value is -1.44. The maximum Gasteiger partial charge on any atom is 0.244 e. The van der Waals surface area contributed by atoms with Crippen LogP contribution in [-0.4, -0.2) is 53.6 Å². The Morgan fingerprint density at radius 1 is 1.32 bits per heavy atom. The molecule has 2 heterocycles. The van der Waals surface area contributed by atoms with Crippen molar-refractivity contribution in [2.75, 3.05) is 19.3 Å². The van der Waals surface area contributed by atoms with E-state index in [1.807, 2.05) is 4.90 Å². The third kappa shape index (κ3) is 4.30. The van der Waals surface area contributed by atoms with Crippen LogP contribution in [0.3, 0.4) is 0 Å². The maximum absolute atomic E-state index is 12.0. The molecule has 1 aromatic rings. The van der Waals surface area contributed by atoms with Gasteiger partial charge in [0.15, 0.2) is 9.84 Å². The molecule has 1 aliphatic rings. The van der Waals surface area contributed by atoms with Crippen molar-refractivity contribution in [1.82, 2.24) is 19.9 Å². The molecule has 8 heteroatoms. The molecule has 1 aliphatic heterocycles. The zero-order valence-electron chi connectivity index (χ0n) is 10.9.